The Kier molecular flexibility index (Phi) is 2.40. The van der Waals surface area contributed by atoms with Gasteiger partial charge in [-0.15, -0.1) is 0 Å². The molecule has 0 aliphatic carbocycles. The van der Waals surface area contributed by atoms with Crippen LogP contribution in [-0.2, 0) is 5.66 Å². The van der Waals surface area contributed by atoms with E-state index in [4.69, 9.17) is 11.5 Å². The van der Waals surface area contributed by atoms with E-state index in [0.29, 0.717) is 0 Å². The van der Waals surface area contributed by atoms with Crippen LogP contribution in [0.2, 0.25) is 0 Å². The Balaban J connectivity index is 2.60. The van der Waals surface area contributed by atoms with Crippen molar-refractivity contribution in [2.45, 2.75) is 5.66 Å². The van der Waals surface area contributed by atoms with Crippen LogP contribution in [0.15, 0.2) is 42.2 Å². The number of hydrogen-bond acceptors (Lipinski definition) is 3. The van der Waals surface area contributed by atoms with Gasteiger partial charge in [0, 0.05) is 0 Å². The summed E-state index contributed by atoms with van der Waals surface area (Å²) in [6.07, 6.45) is 4.60. The average Bonchev–Trinajstić information content (AvgIpc) is 2.22. The number of benzene rings is 1. The van der Waals surface area contributed by atoms with Crippen LogP contribution in [0, 0.1) is 11.6 Å². The van der Waals surface area contributed by atoms with Crippen LogP contribution in [-0.4, -0.2) is 0 Å². The third kappa shape index (κ3) is 1.45. The summed E-state index contributed by atoms with van der Waals surface area (Å²) in [6, 6.07) is 3.55. The first-order valence-corrected chi connectivity index (χ1v) is 4.69. The normalized spacial score (nSPS) is 23.8. The summed E-state index contributed by atoms with van der Waals surface area (Å²) in [7, 11) is 0. The molecular formula is C11H11F2N3. The second-order valence-corrected chi connectivity index (χ2v) is 3.53. The maximum atomic E-state index is 13.6. The molecule has 84 valence electrons. The minimum absolute atomic E-state index is 0.152. The lowest BCUT2D eigenvalue weighted by Gasteiger charge is -2.33. The Morgan fingerprint density at radius 1 is 1.19 bits per heavy atom. The van der Waals surface area contributed by atoms with Gasteiger partial charge in [0.1, 0.15) is 11.6 Å². The molecule has 5 N–H and O–H groups in total. The Bertz CT molecular complexity index is 462. The van der Waals surface area contributed by atoms with Gasteiger partial charge in [0.15, 0.2) is 5.66 Å². The van der Waals surface area contributed by atoms with Gasteiger partial charge in [-0.2, -0.15) is 0 Å². The molecule has 1 aliphatic rings. The zero-order valence-corrected chi connectivity index (χ0v) is 8.37. The Morgan fingerprint density at radius 3 is 2.38 bits per heavy atom. The highest BCUT2D eigenvalue weighted by atomic mass is 19.1. The molecule has 0 aromatic heterocycles. The van der Waals surface area contributed by atoms with Gasteiger partial charge in [0.25, 0.3) is 0 Å². The SMILES string of the molecule is NC1=CC=CNC1(N)c1c(F)cccc1F. The lowest BCUT2D eigenvalue weighted by molar-refractivity contribution is 0.403. The fourth-order valence-corrected chi connectivity index (χ4v) is 1.64. The number of nitrogens with one attached hydrogen (secondary N) is 1. The average molecular weight is 223 g/mol. The predicted molar refractivity (Wildman–Crippen MR) is 56.8 cm³/mol. The van der Waals surface area contributed by atoms with E-state index in [0.717, 1.165) is 12.1 Å². The number of nitrogens with two attached hydrogens (primary N) is 2. The minimum atomic E-state index is -1.54. The molecule has 1 aliphatic heterocycles. The first kappa shape index (κ1) is 10.6. The summed E-state index contributed by atoms with van der Waals surface area (Å²) in [4.78, 5) is 0. The molecular weight excluding hydrogens is 212 g/mol. The second kappa shape index (κ2) is 3.61. The fraction of sp³-hybridized carbons (Fsp3) is 0.0909. The third-order valence-corrected chi connectivity index (χ3v) is 2.50. The zero-order valence-electron chi connectivity index (χ0n) is 8.37. The van der Waals surface area contributed by atoms with Crippen LogP contribution in [0.3, 0.4) is 0 Å². The van der Waals surface area contributed by atoms with Crippen molar-refractivity contribution in [3.05, 3.63) is 59.4 Å². The number of dihydropyridines is 1. The molecule has 0 bridgehead atoms. The van der Waals surface area contributed by atoms with E-state index in [2.05, 4.69) is 5.32 Å². The standard InChI is InChI=1S/C11H11F2N3/c12-7-3-1-4-8(13)10(7)11(15)9(14)5-2-6-16-11/h1-6,16H,14-15H2. The van der Waals surface area contributed by atoms with Crippen molar-refractivity contribution < 1.29 is 8.78 Å². The maximum absolute atomic E-state index is 13.6. The topological polar surface area (TPSA) is 64.1 Å². The molecule has 0 saturated heterocycles. The van der Waals surface area contributed by atoms with Crippen LogP contribution in [0.25, 0.3) is 0 Å². The molecule has 1 atom stereocenters. The van der Waals surface area contributed by atoms with Crippen LogP contribution >= 0.6 is 0 Å². The van der Waals surface area contributed by atoms with Crippen molar-refractivity contribution in [1.82, 2.24) is 5.32 Å². The molecule has 0 fully saturated rings. The van der Waals surface area contributed by atoms with Crippen LogP contribution in [0.5, 0.6) is 0 Å². The molecule has 0 spiro atoms. The van der Waals surface area contributed by atoms with Crippen molar-refractivity contribution in [2.75, 3.05) is 0 Å². The Morgan fingerprint density at radius 2 is 1.81 bits per heavy atom. The van der Waals surface area contributed by atoms with E-state index in [-0.39, 0.29) is 11.3 Å². The van der Waals surface area contributed by atoms with Gasteiger partial charge >= 0.3 is 0 Å². The van der Waals surface area contributed by atoms with Crippen molar-refractivity contribution in [1.29, 1.82) is 0 Å². The van der Waals surface area contributed by atoms with Gasteiger partial charge in [-0.05, 0) is 30.5 Å². The summed E-state index contributed by atoms with van der Waals surface area (Å²) >= 11 is 0. The summed E-state index contributed by atoms with van der Waals surface area (Å²) in [5.41, 5.74) is 9.89. The molecule has 0 amide bonds. The lowest BCUT2D eigenvalue weighted by Crippen LogP contribution is -2.54. The monoisotopic (exact) mass is 223 g/mol. The summed E-state index contributed by atoms with van der Waals surface area (Å²) < 4.78 is 27.2. The van der Waals surface area contributed by atoms with E-state index in [1.165, 1.54) is 18.3 Å². The summed E-state index contributed by atoms with van der Waals surface area (Å²) in [5, 5.41) is 2.67. The van der Waals surface area contributed by atoms with Gasteiger partial charge in [-0.3, -0.25) is 5.73 Å². The molecule has 1 unspecified atom stereocenters. The quantitative estimate of drug-likeness (QED) is 0.666. The first-order chi connectivity index (χ1) is 7.55. The number of allylic oxidation sites excluding steroid dienone is 2. The minimum Gasteiger partial charge on any atom is -0.399 e. The molecule has 5 heteroatoms. The van der Waals surface area contributed by atoms with Crippen molar-refractivity contribution >= 4 is 0 Å². The van der Waals surface area contributed by atoms with E-state index >= 15 is 0 Å². The largest absolute Gasteiger partial charge is 0.399 e. The molecule has 1 aromatic carbocycles. The lowest BCUT2D eigenvalue weighted by atomic mass is 9.94. The van der Waals surface area contributed by atoms with Gasteiger partial charge < -0.3 is 11.1 Å². The highest BCUT2D eigenvalue weighted by Gasteiger charge is 2.35. The van der Waals surface area contributed by atoms with Gasteiger partial charge in [-0.25, -0.2) is 8.78 Å². The highest BCUT2D eigenvalue weighted by Crippen LogP contribution is 2.27. The van der Waals surface area contributed by atoms with Crippen molar-refractivity contribution in [3.63, 3.8) is 0 Å². The molecule has 16 heavy (non-hydrogen) atoms. The summed E-state index contributed by atoms with van der Waals surface area (Å²) in [5.74, 6) is -1.47. The maximum Gasteiger partial charge on any atom is 0.158 e. The van der Waals surface area contributed by atoms with E-state index < -0.39 is 17.3 Å². The van der Waals surface area contributed by atoms with E-state index in [1.807, 2.05) is 0 Å². The number of rotatable bonds is 1. The van der Waals surface area contributed by atoms with Gasteiger partial charge in [0.05, 0.1) is 11.3 Å². The van der Waals surface area contributed by atoms with Crippen molar-refractivity contribution in [2.24, 2.45) is 11.5 Å². The fourth-order valence-electron chi connectivity index (χ4n) is 1.64. The van der Waals surface area contributed by atoms with Gasteiger partial charge in [-0.1, -0.05) is 6.07 Å². The van der Waals surface area contributed by atoms with Crippen molar-refractivity contribution in [3.8, 4) is 0 Å². The second-order valence-electron chi connectivity index (χ2n) is 3.53. The molecule has 1 heterocycles. The predicted octanol–water partition coefficient (Wildman–Crippen LogP) is 1.04. The van der Waals surface area contributed by atoms with Crippen LogP contribution in [0.4, 0.5) is 8.78 Å². The molecule has 2 rings (SSSR count). The third-order valence-electron chi connectivity index (χ3n) is 2.50. The molecule has 3 nitrogen and oxygen atoms in total. The smallest absolute Gasteiger partial charge is 0.158 e. The Labute approximate surface area is 91.4 Å². The number of halogens is 2. The highest BCUT2D eigenvalue weighted by molar-refractivity contribution is 5.38. The first-order valence-electron chi connectivity index (χ1n) is 4.69. The molecule has 0 saturated carbocycles. The van der Waals surface area contributed by atoms with E-state index in [9.17, 15) is 8.78 Å². The van der Waals surface area contributed by atoms with Crippen LogP contribution < -0.4 is 16.8 Å². The zero-order chi connectivity index (χ0) is 11.8. The summed E-state index contributed by atoms with van der Waals surface area (Å²) in [6.45, 7) is 0. The van der Waals surface area contributed by atoms with Gasteiger partial charge in [0.2, 0.25) is 0 Å². The van der Waals surface area contributed by atoms with E-state index in [1.54, 1.807) is 6.08 Å². The molecule has 1 aromatic rings. The Hall–Kier alpha value is -1.88. The van der Waals surface area contributed by atoms with Crippen LogP contribution in [0.1, 0.15) is 5.56 Å². The molecule has 0 radical (unpaired) electrons. The number of hydrogen-bond donors (Lipinski definition) is 3.